The molecule has 1 atom stereocenters. The van der Waals surface area contributed by atoms with E-state index in [2.05, 4.69) is 5.32 Å². The summed E-state index contributed by atoms with van der Waals surface area (Å²) in [4.78, 5) is 28.9. The van der Waals surface area contributed by atoms with Crippen LogP contribution in [0.3, 0.4) is 0 Å². The predicted molar refractivity (Wildman–Crippen MR) is 158 cm³/mol. The van der Waals surface area contributed by atoms with Crippen molar-refractivity contribution in [1.82, 2.24) is 15.1 Å². The highest BCUT2D eigenvalue weighted by Gasteiger charge is 2.34. The maximum atomic E-state index is 13.0. The number of anilines is 1. The van der Waals surface area contributed by atoms with Gasteiger partial charge < -0.3 is 19.7 Å². The fourth-order valence-corrected chi connectivity index (χ4v) is 5.59. The Morgan fingerprint density at radius 2 is 1.48 bits per heavy atom. The minimum absolute atomic E-state index is 0.137. The smallest absolute Gasteiger partial charge is 0.416 e. The molecule has 1 N–H and O–H groups in total. The molecule has 3 aromatic rings. The summed E-state index contributed by atoms with van der Waals surface area (Å²) in [5, 5.41) is 2.59. The highest BCUT2D eigenvalue weighted by atomic mass is 32.2. The van der Waals surface area contributed by atoms with Crippen molar-refractivity contribution >= 4 is 27.7 Å². The molecule has 1 saturated heterocycles. The van der Waals surface area contributed by atoms with Gasteiger partial charge in [0.1, 0.15) is 24.1 Å². The van der Waals surface area contributed by atoms with Gasteiger partial charge in [-0.15, -0.1) is 0 Å². The van der Waals surface area contributed by atoms with Crippen molar-refractivity contribution in [3.8, 4) is 11.5 Å². The van der Waals surface area contributed by atoms with E-state index in [-0.39, 0.29) is 49.3 Å². The van der Waals surface area contributed by atoms with Crippen LogP contribution in [0.25, 0.3) is 0 Å². The van der Waals surface area contributed by atoms with E-state index in [0.29, 0.717) is 13.1 Å². The highest BCUT2D eigenvalue weighted by Crippen LogP contribution is 2.32. The maximum absolute atomic E-state index is 13.0. The fraction of sp³-hybridized carbons (Fsp3) is 0.333. The molecule has 0 aliphatic carbocycles. The van der Waals surface area contributed by atoms with E-state index in [0.717, 1.165) is 28.3 Å². The molecule has 0 unspecified atom stereocenters. The number of nitrogens with zero attached hydrogens (tertiary/aromatic N) is 3. The average Bonchev–Trinajstić information content (AvgIpc) is 3.00. The zero-order valence-electron chi connectivity index (χ0n) is 24.2. The number of piperazine rings is 1. The molecule has 2 amide bonds. The van der Waals surface area contributed by atoms with Crippen molar-refractivity contribution in [2.45, 2.75) is 18.8 Å². The number of sulfonamides is 1. The van der Waals surface area contributed by atoms with E-state index in [1.807, 2.05) is 35.2 Å². The van der Waals surface area contributed by atoms with Crippen molar-refractivity contribution in [3.63, 3.8) is 0 Å². The number of nitrogens with one attached hydrogen (secondary N) is 1. The number of hydrogen-bond donors (Lipinski definition) is 1. The SMILES string of the molecule is CNC(=O)[C@H](CN(c1ccc(Oc2ccc(C(F)(F)F)cc2)cc1)S(C)(=O)=O)N1CCN(C(=O)OCc2ccccc2)CC1. The second-order valence-corrected chi connectivity index (χ2v) is 12.0. The summed E-state index contributed by atoms with van der Waals surface area (Å²) in [5.41, 5.74) is 0.322. The molecule has 3 aromatic carbocycles. The van der Waals surface area contributed by atoms with Gasteiger partial charge >= 0.3 is 12.3 Å². The second-order valence-electron chi connectivity index (χ2n) is 10.1. The van der Waals surface area contributed by atoms with E-state index in [4.69, 9.17) is 9.47 Å². The molecule has 0 spiro atoms. The van der Waals surface area contributed by atoms with Crippen LogP contribution in [0.1, 0.15) is 11.1 Å². The summed E-state index contributed by atoms with van der Waals surface area (Å²) in [6, 6.07) is 18.6. The summed E-state index contributed by atoms with van der Waals surface area (Å²) in [6.07, 6.45) is -3.91. The molecule has 14 heteroatoms. The normalized spacial score (nSPS) is 14.9. The number of ether oxygens (including phenoxy) is 2. The Kier molecular flexibility index (Phi) is 10.4. The van der Waals surface area contributed by atoms with Crippen LogP contribution < -0.4 is 14.4 Å². The first-order chi connectivity index (χ1) is 20.8. The predicted octanol–water partition coefficient (Wildman–Crippen LogP) is 4.33. The van der Waals surface area contributed by atoms with E-state index >= 15 is 0 Å². The molecule has 1 fully saturated rings. The number of carbonyl (C=O) groups is 2. The standard InChI is InChI=1S/C30H33F3N4O6S/c1-34-28(38)27(35-16-18-36(19-17-35)29(39)42-21-22-6-4-3-5-7-22)20-37(44(2,40)41)24-10-14-26(15-11-24)43-25-12-8-23(9-13-25)30(31,32)33/h3-15,27H,16-21H2,1-2H3,(H,34,38)/t27-/m0/s1. The Morgan fingerprint density at radius 1 is 0.909 bits per heavy atom. The summed E-state index contributed by atoms with van der Waals surface area (Å²) < 4.78 is 76.4. The van der Waals surface area contributed by atoms with E-state index < -0.39 is 33.9 Å². The van der Waals surface area contributed by atoms with Crippen LogP contribution in [0, 0.1) is 0 Å². The lowest BCUT2D eigenvalue weighted by Gasteiger charge is -2.39. The van der Waals surface area contributed by atoms with Gasteiger partial charge in [0.05, 0.1) is 24.1 Å². The van der Waals surface area contributed by atoms with Gasteiger partial charge in [0.15, 0.2) is 0 Å². The largest absolute Gasteiger partial charge is 0.457 e. The number of carbonyl (C=O) groups excluding carboxylic acids is 2. The summed E-state index contributed by atoms with van der Waals surface area (Å²) in [6.45, 7) is 1.15. The first kappa shape index (κ1) is 32.6. The number of rotatable bonds is 10. The third kappa shape index (κ3) is 8.63. The van der Waals surface area contributed by atoms with Crippen molar-refractivity contribution in [1.29, 1.82) is 0 Å². The molecular weight excluding hydrogens is 601 g/mol. The average molecular weight is 635 g/mol. The van der Waals surface area contributed by atoms with Crippen molar-refractivity contribution < 1.29 is 40.7 Å². The number of amides is 2. The lowest BCUT2D eigenvalue weighted by atomic mass is 10.1. The van der Waals surface area contributed by atoms with Gasteiger partial charge in [0.25, 0.3) is 0 Å². The molecule has 1 aliphatic rings. The van der Waals surface area contributed by atoms with Crippen LogP contribution in [0.4, 0.5) is 23.7 Å². The Morgan fingerprint density at radius 3 is 2.00 bits per heavy atom. The zero-order chi connectivity index (χ0) is 31.9. The van der Waals surface area contributed by atoms with E-state index in [9.17, 15) is 31.2 Å². The maximum Gasteiger partial charge on any atom is 0.416 e. The Bertz CT molecular complexity index is 1510. The molecule has 0 bridgehead atoms. The summed E-state index contributed by atoms with van der Waals surface area (Å²) >= 11 is 0. The Balaban J connectivity index is 1.41. The summed E-state index contributed by atoms with van der Waals surface area (Å²) in [7, 11) is -2.38. The van der Waals surface area contributed by atoms with Gasteiger partial charge in [-0.1, -0.05) is 30.3 Å². The van der Waals surface area contributed by atoms with Crippen LogP contribution in [-0.4, -0.2) is 82.3 Å². The first-order valence-corrected chi connectivity index (χ1v) is 15.5. The Labute approximate surface area is 254 Å². The number of likely N-dealkylation sites (N-methyl/N-ethyl adjacent to an activating group) is 1. The highest BCUT2D eigenvalue weighted by molar-refractivity contribution is 7.92. The molecule has 0 aromatic heterocycles. The van der Waals surface area contributed by atoms with Crippen LogP contribution in [0.15, 0.2) is 78.9 Å². The second kappa shape index (κ2) is 14.0. The van der Waals surface area contributed by atoms with Crippen LogP contribution in [0.2, 0.25) is 0 Å². The van der Waals surface area contributed by atoms with E-state index in [1.165, 1.54) is 43.4 Å². The minimum atomic E-state index is -4.47. The fourth-order valence-electron chi connectivity index (χ4n) is 4.68. The van der Waals surface area contributed by atoms with Gasteiger partial charge in [-0.2, -0.15) is 13.2 Å². The van der Waals surface area contributed by atoms with Gasteiger partial charge in [-0.05, 0) is 54.1 Å². The zero-order valence-corrected chi connectivity index (χ0v) is 25.0. The van der Waals surface area contributed by atoms with Gasteiger partial charge in [-0.25, -0.2) is 13.2 Å². The lowest BCUT2D eigenvalue weighted by molar-refractivity contribution is -0.137. The van der Waals surface area contributed by atoms with Gasteiger partial charge in [-0.3, -0.25) is 14.0 Å². The van der Waals surface area contributed by atoms with Crippen molar-refractivity contribution in [2.24, 2.45) is 0 Å². The number of alkyl halides is 3. The van der Waals surface area contributed by atoms with Crippen molar-refractivity contribution in [3.05, 3.63) is 90.0 Å². The van der Waals surface area contributed by atoms with Gasteiger partial charge in [0, 0.05) is 33.2 Å². The first-order valence-electron chi connectivity index (χ1n) is 13.7. The number of halogens is 3. The summed E-state index contributed by atoms with van der Waals surface area (Å²) in [5.74, 6) is 0.0644. The monoisotopic (exact) mass is 634 g/mol. The molecule has 10 nitrogen and oxygen atoms in total. The van der Waals surface area contributed by atoms with Crippen LogP contribution >= 0.6 is 0 Å². The molecular formula is C30H33F3N4O6S. The third-order valence-electron chi connectivity index (χ3n) is 7.05. The lowest BCUT2D eigenvalue weighted by Crippen LogP contribution is -2.59. The van der Waals surface area contributed by atoms with Crippen LogP contribution in [-0.2, 0) is 32.3 Å². The molecule has 236 valence electrons. The molecule has 1 heterocycles. The molecule has 44 heavy (non-hydrogen) atoms. The van der Waals surface area contributed by atoms with E-state index in [1.54, 1.807) is 4.90 Å². The molecule has 0 radical (unpaired) electrons. The number of benzene rings is 3. The topological polar surface area (TPSA) is 108 Å². The van der Waals surface area contributed by atoms with Crippen molar-refractivity contribution in [2.75, 3.05) is 50.3 Å². The molecule has 4 rings (SSSR count). The minimum Gasteiger partial charge on any atom is -0.457 e. The molecule has 1 aliphatic heterocycles. The van der Waals surface area contributed by atoms with Gasteiger partial charge in [0.2, 0.25) is 15.9 Å². The Hall–Kier alpha value is -4.30. The quantitative estimate of drug-likeness (QED) is 0.354. The third-order valence-corrected chi connectivity index (χ3v) is 8.21. The molecule has 0 saturated carbocycles. The number of hydrogen-bond acceptors (Lipinski definition) is 7. The van der Waals surface area contributed by atoms with Crippen LogP contribution in [0.5, 0.6) is 11.5 Å².